The van der Waals surface area contributed by atoms with Crippen LogP contribution in [0, 0.1) is 0 Å². The van der Waals surface area contributed by atoms with Gasteiger partial charge in [0, 0.05) is 12.1 Å². The molecule has 0 fully saturated rings. The number of nitrogens with two attached hydrogens (primary N) is 1. The number of nitrogens with zero attached hydrogens (tertiary/aromatic N) is 1. The van der Waals surface area contributed by atoms with Crippen LogP contribution < -0.4 is 5.73 Å². The first-order chi connectivity index (χ1) is 6.65. The Morgan fingerprint density at radius 1 is 1.71 bits per heavy atom. The number of hydrogen-bond donors (Lipinski definition) is 2. The summed E-state index contributed by atoms with van der Waals surface area (Å²) in [4.78, 5) is 14.4. The number of nitrogen functional groups attached to an aromatic ring is 1. The third-order valence-corrected chi connectivity index (χ3v) is 1.75. The normalized spacial score (nSPS) is 10.6. The molecular weight excluding hydrogens is 204 g/mol. The number of halogens is 1. The maximum absolute atomic E-state index is 10.7. The molecule has 3 N–H and O–H groups in total. The Balaban J connectivity index is 3.06. The van der Waals surface area contributed by atoms with Gasteiger partial charge in [0.2, 0.25) is 0 Å². The molecule has 1 aromatic rings. The van der Waals surface area contributed by atoms with Gasteiger partial charge in [0.15, 0.2) is 0 Å². The van der Waals surface area contributed by atoms with Crippen molar-refractivity contribution in [2.24, 2.45) is 0 Å². The lowest BCUT2D eigenvalue weighted by molar-refractivity contribution is 0.0697. The van der Waals surface area contributed by atoms with Gasteiger partial charge in [-0.1, -0.05) is 12.2 Å². The fourth-order valence-electron chi connectivity index (χ4n) is 0.935. The lowest BCUT2D eigenvalue weighted by Gasteiger charge is -2.00. The topological polar surface area (TPSA) is 76.2 Å². The van der Waals surface area contributed by atoms with E-state index in [9.17, 15) is 4.79 Å². The molecule has 0 unspecified atom stereocenters. The molecule has 14 heavy (non-hydrogen) atoms. The summed E-state index contributed by atoms with van der Waals surface area (Å²) < 4.78 is 0. The van der Waals surface area contributed by atoms with Crippen molar-refractivity contribution in [1.82, 2.24) is 4.98 Å². The molecule has 0 amide bonds. The highest BCUT2D eigenvalue weighted by Crippen LogP contribution is 2.11. The van der Waals surface area contributed by atoms with Crippen molar-refractivity contribution in [3.8, 4) is 0 Å². The minimum Gasteiger partial charge on any atom is -0.478 e. The zero-order valence-electron chi connectivity index (χ0n) is 7.27. The van der Waals surface area contributed by atoms with E-state index in [1.54, 1.807) is 12.2 Å². The highest BCUT2D eigenvalue weighted by atomic mass is 35.5. The van der Waals surface area contributed by atoms with E-state index in [1.807, 2.05) is 0 Å². The predicted octanol–water partition coefficient (Wildman–Crippen LogP) is 1.61. The molecule has 1 heterocycles. The van der Waals surface area contributed by atoms with Gasteiger partial charge in [-0.2, -0.15) is 0 Å². The molecule has 0 aromatic carbocycles. The average Bonchev–Trinajstić information content (AvgIpc) is 2.16. The van der Waals surface area contributed by atoms with Gasteiger partial charge in [0.1, 0.15) is 11.4 Å². The number of pyridine rings is 1. The van der Waals surface area contributed by atoms with Crippen LogP contribution in [0.4, 0.5) is 5.82 Å². The second-order valence-corrected chi connectivity index (χ2v) is 2.87. The first kappa shape index (κ1) is 10.5. The highest BCUT2D eigenvalue weighted by Gasteiger charge is 2.08. The number of alkyl halides is 1. The molecule has 1 aromatic heterocycles. The summed E-state index contributed by atoms with van der Waals surface area (Å²) in [6.45, 7) is 0. The molecule has 0 radical (unpaired) electrons. The lowest BCUT2D eigenvalue weighted by Crippen LogP contribution is -2.04. The number of hydrogen-bond acceptors (Lipinski definition) is 3. The molecule has 0 saturated heterocycles. The molecule has 74 valence electrons. The maximum Gasteiger partial charge on any atom is 0.339 e. The summed E-state index contributed by atoms with van der Waals surface area (Å²) in [5.74, 6) is -0.705. The number of rotatable bonds is 3. The zero-order chi connectivity index (χ0) is 10.6. The van der Waals surface area contributed by atoms with Gasteiger partial charge in [0.25, 0.3) is 0 Å². The minimum absolute atomic E-state index is 0.00159. The van der Waals surface area contributed by atoms with E-state index in [0.29, 0.717) is 11.4 Å². The Hall–Kier alpha value is -1.55. The fourth-order valence-corrected chi connectivity index (χ4v) is 1.02. The molecule has 0 bridgehead atoms. The Labute approximate surface area is 86.0 Å². The number of aromatic carboxylic acids is 1. The number of aromatic nitrogens is 1. The van der Waals surface area contributed by atoms with Crippen LogP contribution in [-0.2, 0) is 0 Å². The third-order valence-electron chi connectivity index (χ3n) is 1.57. The molecule has 0 atom stereocenters. The van der Waals surface area contributed by atoms with E-state index in [1.165, 1.54) is 12.3 Å². The largest absolute Gasteiger partial charge is 0.478 e. The van der Waals surface area contributed by atoms with Crippen molar-refractivity contribution in [2.75, 3.05) is 11.6 Å². The second kappa shape index (κ2) is 4.62. The van der Waals surface area contributed by atoms with E-state index < -0.39 is 5.97 Å². The zero-order valence-corrected chi connectivity index (χ0v) is 8.03. The van der Waals surface area contributed by atoms with E-state index in [4.69, 9.17) is 22.4 Å². The monoisotopic (exact) mass is 212 g/mol. The summed E-state index contributed by atoms with van der Waals surface area (Å²) in [5, 5.41) is 8.75. The fraction of sp³-hybridized carbons (Fsp3) is 0.111. The predicted molar refractivity (Wildman–Crippen MR) is 55.4 cm³/mol. The van der Waals surface area contributed by atoms with Crippen LogP contribution in [0.25, 0.3) is 6.08 Å². The van der Waals surface area contributed by atoms with Crippen molar-refractivity contribution in [3.63, 3.8) is 0 Å². The summed E-state index contributed by atoms with van der Waals surface area (Å²) in [6, 6.07) is 1.45. The number of allylic oxidation sites excluding steroid dienone is 1. The van der Waals surface area contributed by atoms with Crippen LogP contribution in [0.1, 0.15) is 15.9 Å². The van der Waals surface area contributed by atoms with Crippen LogP contribution in [0.15, 0.2) is 18.3 Å². The van der Waals surface area contributed by atoms with Gasteiger partial charge < -0.3 is 10.8 Å². The Morgan fingerprint density at radius 2 is 2.43 bits per heavy atom. The molecule has 0 aliphatic heterocycles. The van der Waals surface area contributed by atoms with Crippen molar-refractivity contribution in [1.29, 1.82) is 0 Å². The van der Waals surface area contributed by atoms with E-state index >= 15 is 0 Å². The number of carboxylic acid groups (broad SMARTS) is 1. The van der Waals surface area contributed by atoms with Gasteiger partial charge in [-0.05, 0) is 11.6 Å². The molecule has 1 rings (SSSR count). The van der Waals surface area contributed by atoms with Crippen LogP contribution in [0.5, 0.6) is 0 Å². The summed E-state index contributed by atoms with van der Waals surface area (Å²) in [6.07, 6.45) is 4.87. The quantitative estimate of drug-likeness (QED) is 0.747. The molecule has 0 aliphatic carbocycles. The summed E-state index contributed by atoms with van der Waals surface area (Å²) in [5.41, 5.74) is 6.04. The SMILES string of the molecule is Nc1ncc(C=CCCl)cc1C(=O)O. The second-order valence-electron chi connectivity index (χ2n) is 2.56. The average molecular weight is 213 g/mol. The van der Waals surface area contributed by atoms with Crippen molar-refractivity contribution in [2.45, 2.75) is 0 Å². The van der Waals surface area contributed by atoms with Crippen LogP contribution >= 0.6 is 11.6 Å². The highest BCUT2D eigenvalue weighted by molar-refractivity contribution is 6.19. The molecule has 0 spiro atoms. The number of anilines is 1. The smallest absolute Gasteiger partial charge is 0.339 e. The Bertz CT molecular complexity index is 377. The first-order valence-electron chi connectivity index (χ1n) is 3.86. The maximum atomic E-state index is 10.7. The van der Waals surface area contributed by atoms with Crippen LogP contribution in [-0.4, -0.2) is 21.9 Å². The van der Waals surface area contributed by atoms with Crippen LogP contribution in [0.3, 0.4) is 0 Å². The van der Waals surface area contributed by atoms with Crippen molar-refractivity contribution in [3.05, 3.63) is 29.5 Å². The van der Waals surface area contributed by atoms with Crippen molar-refractivity contribution < 1.29 is 9.90 Å². The van der Waals surface area contributed by atoms with Crippen LogP contribution in [0.2, 0.25) is 0 Å². The van der Waals surface area contributed by atoms with E-state index in [-0.39, 0.29) is 11.4 Å². The Kier molecular flexibility index (Phi) is 3.48. The minimum atomic E-state index is -1.09. The van der Waals surface area contributed by atoms with Gasteiger partial charge in [-0.25, -0.2) is 9.78 Å². The Morgan fingerprint density at radius 3 is 3.00 bits per heavy atom. The van der Waals surface area contributed by atoms with Gasteiger partial charge >= 0.3 is 5.97 Å². The molecule has 0 saturated carbocycles. The summed E-state index contributed by atoms with van der Waals surface area (Å²) >= 11 is 5.44. The summed E-state index contributed by atoms with van der Waals surface area (Å²) in [7, 11) is 0. The number of carboxylic acids is 1. The third kappa shape index (κ3) is 2.47. The van der Waals surface area contributed by atoms with Gasteiger partial charge in [-0.3, -0.25) is 0 Å². The number of carbonyl (C=O) groups is 1. The van der Waals surface area contributed by atoms with Gasteiger partial charge in [-0.15, -0.1) is 11.6 Å². The molecule has 5 heteroatoms. The molecule has 4 nitrogen and oxygen atoms in total. The lowest BCUT2D eigenvalue weighted by atomic mass is 10.2. The van der Waals surface area contributed by atoms with Crippen molar-refractivity contribution >= 4 is 29.5 Å². The first-order valence-corrected chi connectivity index (χ1v) is 4.40. The van der Waals surface area contributed by atoms with E-state index in [2.05, 4.69) is 4.98 Å². The molecule has 0 aliphatic rings. The molecular formula is C9H9ClN2O2. The standard InChI is InChI=1S/C9H9ClN2O2/c10-3-1-2-6-4-7(9(13)14)8(11)12-5-6/h1-2,4-5H,3H2,(H2,11,12)(H,13,14). The van der Waals surface area contributed by atoms with Gasteiger partial charge in [0.05, 0.1) is 0 Å². The van der Waals surface area contributed by atoms with E-state index in [0.717, 1.165) is 0 Å².